The van der Waals surface area contributed by atoms with Gasteiger partial charge in [0.1, 0.15) is 6.10 Å². The summed E-state index contributed by atoms with van der Waals surface area (Å²) < 4.78 is 25.0. The van der Waals surface area contributed by atoms with Gasteiger partial charge in [-0.3, -0.25) is 0 Å². The van der Waals surface area contributed by atoms with E-state index in [2.05, 4.69) is 27.9 Å². The number of halogens is 3. The SMILES string of the molecule is OC(CNCc1ccc(I)cc1)C(F)F. The maximum Gasteiger partial charge on any atom is 0.265 e. The van der Waals surface area contributed by atoms with Crippen LogP contribution in [0.25, 0.3) is 0 Å². The molecular weight excluding hydrogens is 315 g/mol. The van der Waals surface area contributed by atoms with Crippen LogP contribution in [-0.2, 0) is 6.54 Å². The van der Waals surface area contributed by atoms with Gasteiger partial charge < -0.3 is 10.4 Å². The van der Waals surface area contributed by atoms with E-state index in [-0.39, 0.29) is 6.54 Å². The predicted molar refractivity (Wildman–Crippen MR) is 62.9 cm³/mol. The number of rotatable bonds is 5. The molecule has 0 heterocycles. The monoisotopic (exact) mass is 327 g/mol. The van der Waals surface area contributed by atoms with E-state index in [1.165, 1.54) is 0 Å². The van der Waals surface area contributed by atoms with Gasteiger partial charge in [-0.2, -0.15) is 0 Å². The molecule has 0 fully saturated rings. The maximum atomic E-state index is 11.9. The second kappa shape index (κ2) is 6.34. The van der Waals surface area contributed by atoms with Crippen molar-refractivity contribution in [3.63, 3.8) is 0 Å². The first-order valence-corrected chi connectivity index (χ1v) is 5.59. The molecule has 2 nitrogen and oxygen atoms in total. The molecule has 1 rings (SSSR count). The van der Waals surface area contributed by atoms with Crippen LogP contribution >= 0.6 is 22.6 Å². The molecule has 0 aliphatic rings. The van der Waals surface area contributed by atoms with Crippen LogP contribution < -0.4 is 5.32 Å². The lowest BCUT2D eigenvalue weighted by Crippen LogP contribution is -2.31. The average Bonchev–Trinajstić information content (AvgIpc) is 2.20. The van der Waals surface area contributed by atoms with E-state index in [0.717, 1.165) is 9.13 Å². The van der Waals surface area contributed by atoms with Crippen molar-refractivity contribution in [2.45, 2.75) is 19.1 Å². The molecule has 1 aromatic carbocycles. The molecule has 15 heavy (non-hydrogen) atoms. The first kappa shape index (κ1) is 12.8. The molecule has 0 aromatic heterocycles. The van der Waals surface area contributed by atoms with Crippen molar-refractivity contribution in [1.82, 2.24) is 5.32 Å². The molecule has 0 saturated heterocycles. The lowest BCUT2D eigenvalue weighted by molar-refractivity contribution is -0.00340. The van der Waals surface area contributed by atoms with Crippen molar-refractivity contribution >= 4 is 22.6 Å². The molecular formula is C10H12F2INO. The first-order chi connectivity index (χ1) is 7.09. The number of aliphatic hydroxyl groups is 1. The summed E-state index contributed by atoms with van der Waals surface area (Å²) in [7, 11) is 0. The third-order valence-corrected chi connectivity index (χ3v) is 2.61. The Morgan fingerprint density at radius 1 is 1.27 bits per heavy atom. The summed E-state index contributed by atoms with van der Waals surface area (Å²) in [5.74, 6) is 0. The summed E-state index contributed by atoms with van der Waals surface area (Å²) in [6, 6.07) is 7.73. The van der Waals surface area contributed by atoms with E-state index in [4.69, 9.17) is 5.11 Å². The van der Waals surface area contributed by atoms with Crippen molar-refractivity contribution in [3.05, 3.63) is 33.4 Å². The number of hydrogen-bond acceptors (Lipinski definition) is 2. The molecule has 0 saturated carbocycles. The maximum absolute atomic E-state index is 11.9. The Balaban J connectivity index is 2.29. The van der Waals surface area contributed by atoms with Gasteiger partial charge in [0.15, 0.2) is 0 Å². The van der Waals surface area contributed by atoms with Gasteiger partial charge in [0, 0.05) is 16.7 Å². The summed E-state index contributed by atoms with van der Waals surface area (Å²) in [4.78, 5) is 0. The minimum absolute atomic E-state index is 0.0936. The summed E-state index contributed by atoms with van der Waals surface area (Å²) in [5.41, 5.74) is 1.01. The summed E-state index contributed by atoms with van der Waals surface area (Å²) >= 11 is 2.19. The van der Waals surface area contributed by atoms with Crippen molar-refractivity contribution in [2.24, 2.45) is 0 Å². The zero-order valence-electron chi connectivity index (χ0n) is 7.96. The molecule has 0 aliphatic heterocycles. The van der Waals surface area contributed by atoms with Crippen LogP contribution in [0.15, 0.2) is 24.3 Å². The normalized spacial score (nSPS) is 13.1. The Labute approximate surface area is 101 Å². The fourth-order valence-electron chi connectivity index (χ4n) is 1.06. The van der Waals surface area contributed by atoms with Gasteiger partial charge in [-0.25, -0.2) is 8.78 Å². The number of hydrogen-bond donors (Lipinski definition) is 2. The van der Waals surface area contributed by atoms with Crippen LogP contribution in [-0.4, -0.2) is 24.2 Å². The third-order valence-electron chi connectivity index (χ3n) is 1.89. The molecule has 0 bridgehead atoms. The van der Waals surface area contributed by atoms with Crippen LogP contribution in [0.1, 0.15) is 5.56 Å². The number of benzene rings is 1. The largest absolute Gasteiger partial charge is 0.386 e. The van der Waals surface area contributed by atoms with Gasteiger partial charge in [-0.15, -0.1) is 0 Å². The zero-order chi connectivity index (χ0) is 11.3. The molecule has 5 heteroatoms. The standard InChI is InChI=1S/C10H12F2INO/c11-10(12)9(15)6-14-5-7-1-3-8(13)4-2-7/h1-4,9-10,14-15H,5-6H2. The lowest BCUT2D eigenvalue weighted by atomic mass is 10.2. The van der Waals surface area contributed by atoms with Gasteiger partial charge >= 0.3 is 0 Å². The summed E-state index contributed by atoms with van der Waals surface area (Å²) in [6.45, 7) is 0.393. The third kappa shape index (κ3) is 4.85. The summed E-state index contributed by atoms with van der Waals surface area (Å²) in [5, 5.41) is 11.6. The Bertz CT molecular complexity index is 292. The second-order valence-corrected chi connectivity index (χ2v) is 4.40. The number of nitrogens with one attached hydrogen (secondary N) is 1. The smallest absolute Gasteiger partial charge is 0.265 e. The predicted octanol–water partition coefficient (Wildman–Crippen LogP) is 2.01. The zero-order valence-corrected chi connectivity index (χ0v) is 10.1. The van der Waals surface area contributed by atoms with Crippen molar-refractivity contribution in [3.8, 4) is 0 Å². The van der Waals surface area contributed by atoms with E-state index in [1.807, 2.05) is 24.3 Å². The van der Waals surface area contributed by atoms with E-state index in [1.54, 1.807) is 0 Å². The molecule has 84 valence electrons. The number of aliphatic hydroxyl groups excluding tert-OH is 1. The Morgan fingerprint density at radius 3 is 2.40 bits per heavy atom. The fourth-order valence-corrected chi connectivity index (χ4v) is 1.42. The van der Waals surface area contributed by atoms with Crippen molar-refractivity contribution in [2.75, 3.05) is 6.54 Å². The van der Waals surface area contributed by atoms with Gasteiger partial charge in [0.25, 0.3) is 6.43 Å². The van der Waals surface area contributed by atoms with E-state index in [9.17, 15) is 8.78 Å². The molecule has 1 atom stereocenters. The molecule has 2 N–H and O–H groups in total. The average molecular weight is 327 g/mol. The quantitative estimate of drug-likeness (QED) is 0.811. The van der Waals surface area contributed by atoms with E-state index < -0.39 is 12.5 Å². The van der Waals surface area contributed by atoms with Gasteiger partial charge in [-0.1, -0.05) is 12.1 Å². The van der Waals surface area contributed by atoms with Crippen molar-refractivity contribution < 1.29 is 13.9 Å². The topological polar surface area (TPSA) is 32.3 Å². The lowest BCUT2D eigenvalue weighted by Gasteiger charge is -2.10. The van der Waals surface area contributed by atoms with Crippen LogP contribution in [0.3, 0.4) is 0 Å². The van der Waals surface area contributed by atoms with Gasteiger partial charge in [-0.05, 0) is 40.3 Å². The molecule has 0 radical (unpaired) electrons. The van der Waals surface area contributed by atoms with E-state index >= 15 is 0 Å². The molecule has 1 aromatic rings. The summed E-state index contributed by atoms with van der Waals surface area (Å²) in [6.07, 6.45) is -4.27. The minimum atomic E-state index is -2.69. The highest BCUT2D eigenvalue weighted by Crippen LogP contribution is 2.06. The van der Waals surface area contributed by atoms with Crippen LogP contribution in [0.2, 0.25) is 0 Å². The number of alkyl halides is 2. The highest BCUT2D eigenvalue weighted by Gasteiger charge is 2.15. The fraction of sp³-hybridized carbons (Fsp3) is 0.400. The van der Waals surface area contributed by atoms with E-state index in [0.29, 0.717) is 6.54 Å². The van der Waals surface area contributed by atoms with Crippen LogP contribution in [0.4, 0.5) is 8.78 Å². The Morgan fingerprint density at radius 2 is 1.87 bits per heavy atom. The second-order valence-electron chi connectivity index (χ2n) is 3.16. The molecule has 0 amide bonds. The van der Waals surface area contributed by atoms with Crippen LogP contribution in [0.5, 0.6) is 0 Å². The highest BCUT2D eigenvalue weighted by atomic mass is 127. The van der Waals surface area contributed by atoms with Crippen molar-refractivity contribution in [1.29, 1.82) is 0 Å². The Kier molecular flexibility index (Phi) is 5.41. The van der Waals surface area contributed by atoms with Gasteiger partial charge in [0.05, 0.1) is 0 Å². The Hall–Kier alpha value is -0.270. The van der Waals surface area contributed by atoms with Gasteiger partial charge in [0.2, 0.25) is 0 Å². The highest BCUT2D eigenvalue weighted by molar-refractivity contribution is 14.1. The molecule has 0 spiro atoms. The van der Waals surface area contributed by atoms with Crippen LogP contribution in [0, 0.1) is 3.57 Å². The first-order valence-electron chi connectivity index (χ1n) is 4.51. The molecule has 0 aliphatic carbocycles. The molecule has 1 unspecified atom stereocenters. The minimum Gasteiger partial charge on any atom is -0.386 e.